The van der Waals surface area contributed by atoms with E-state index in [0.717, 1.165) is 43.4 Å². The highest BCUT2D eigenvalue weighted by Gasteiger charge is 2.29. The number of aromatic amines is 1. The van der Waals surface area contributed by atoms with Gasteiger partial charge in [0.25, 0.3) is 0 Å². The van der Waals surface area contributed by atoms with E-state index in [9.17, 15) is 9.59 Å². The maximum atomic E-state index is 12.6. The lowest BCUT2D eigenvalue weighted by atomic mass is 9.95. The molecule has 2 aliphatic rings. The molecule has 0 saturated carbocycles. The van der Waals surface area contributed by atoms with E-state index in [1.165, 1.54) is 0 Å². The summed E-state index contributed by atoms with van der Waals surface area (Å²) in [5.41, 5.74) is 1.76. The first kappa shape index (κ1) is 17.1. The number of rotatable bonds is 2. The molecule has 2 aromatic rings. The van der Waals surface area contributed by atoms with E-state index in [2.05, 4.69) is 22.5 Å². The second-order valence-electron chi connectivity index (χ2n) is 7.56. The fourth-order valence-electron chi connectivity index (χ4n) is 4.24. The van der Waals surface area contributed by atoms with Gasteiger partial charge in [-0.3, -0.25) is 4.57 Å². The third-order valence-corrected chi connectivity index (χ3v) is 5.84. The molecule has 26 heavy (non-hydrogen) atoms. The molecule has 2 amide bonds. The second-order valence-corrected chi connectivity index (χ2v) is 7.56. The number of likely N-dealkylation sites (tertiary alicyclic amines) is 1. The van der Waals surface area contributed by atoms with Crippen LogP contribution in [0.1, 0.15) is 32.2 Å². The summed E-state index contributed by atoms with van der Waals surface area (Å²) in [5.74, 6) is 0.454. The Morgan fingerprint density at radius 3 is 2.73 bits per heavy atom. The van der Waals surface area contributed by atoms with Crippen LogP contribution < -0.4 is 16.3 Å². The number of carbonyl (C=O) groups is 1. The molecule has 0 bridgehead atoms. The van der Waals surface area contributed by atoms with Gasteiger partial charge in [-0.15, -0.1) is 0 Å². The maximum Gasteiger partial charge on any atom is 0.326 e. The van der Waals surface area contributed by atoms with Crippen LogP contribution in [-0.4, -0.2) is 52.7 Å². The molecule has 7 heteroatoms. The van der Waals surface area contributed by atoms with E-state index in [-0.39, 0.29) is 23.8 Å². The van der Waals surface area contributed by atoms with Gasteiger partial charge in [0.05, 0.1) is 11.0 Å². The number of piperidine rings is 2. The highest BCUT2D eigenvalue weighted by Crippen LogP contribution is 2.25. The molecule has 7 nitrogen and oxygen atoms in total. The van der Waals surface area contributed by atoms with E-state index in [1.54, 1.807) is 0 Å². The van der Waals surface area contributed by atoms with Gasteiger partial charge in [-0.1, -0.05) is 19.1 Å². The average molecular weight is 357 g/mol. The van der Waals surface area contributed by atoms with E-state index < -0.39 is 0 Å². The highest BCUT2D eigenvalue weighted by atomic mass is 16.2. The topological polar surface area (TPSA) is 82.2 Å². The first-order chi connectivity index (χ1) is 12.6. The lowest BCUT2D eigenvalue weighted by molar-refractivity contribution is 0.161. The number of nitrogens with one attached hydrogen (secondary N) is 3. The van der Waals surface area contributed by atoms with Gasteiger partial charge in [0.2, 0.25) is 0 Å². The summed E-state index contributed by atoms with van der Waals surface area (Å²) < 4.78 is 1.86. The SMILES string of the molecule is CC1CNCCC1NC(=O)N1CCC(n2c(=O)[nH]c3ccccc32)CC1. The molecular formula is C19H27N5O2. The van der Waals surface area contributed by atoms with Crippen molar-refractivity contribution < 1.29 is 4.79 Å². The average Bonchev–Trinajstić information content (AvgIpc) is 2.99. The van der Waals surface area contributed by atoms with Gasteiger partial charge in [0.1, 0.15) is 0 Å². The Morgan fingerprint density at radius 1 is 1.19 bits per heavy atom. The molecular weight excluding hydrogens is 330 g/mol. The van der Waals surface area contributed by atoms with Crippen LogP contribution in [0.25, 0.3) is 11.0 Å². The number of amides is 2. The van der Waals surface area contributed by atoms with Crippen LogP contribution in [-0.2, 0) is 0 Å². The summed E-state index contributed by atoms with van der Waals surface area (Å²) in [6, 6.07) is 8.21. The number of hydrogen-bond acceptors (Lipinski definition) is 3. The predicted octanol–water partition coefficient (Wildman–Crippen LogP) is 1.67. The molecule has 1 aromatic heterocycles. The van der Waals surface area contributed by atoms with Gasteiger partial charge in [-0.2, -0.15) is 0 Å². The van der Waals surface area contributed by atoms with E-state index in [4.69, 9.17) is 0 Å². The highest BCUT2D eigenvalue weighted by molar-refractivity contribution is 5.75. The van der Waals surface area contributed by atoms with E-state index in [0.29, 0.717) is 19.0 Å². The number of H-pyrrole nitrogens is 1. The van der Waals surface area contributed by atoms with Crippen LogP contribution in [0.5, 0.6) is 0 Å². The summed E-state index contributed by atoms with van der Waals surface area (Å²) in [5, 5.41) is 6.56. The first-order valence-electron chi connectivity index (χ1n) is 9.59. The number of para-hydroxylation sites is 2. The molecule has 2 fully saturated rings. The lowest BCUT2D eigenvalue weighted by Gasteiger charge is -2.36. The minimum atomic E-state index is -0.0577. The molecule has 0 aliphatic carbocycles. The van der Waals surface area contributed by atoms with Crippen molar-refractivity contribution >= 4 is 17.1 Å². The van der Waals surface area contributed by atoms with Gasteiger partial charge in [-0.25, -0.2) is 9.59 Å². The van der Waals surface area contributed by atoms with Gasteiger partial charge in [-0.05, 0) is 50.4 Å². The summed E-state index contributed by atoms with van der Waals surface area (Å²) >= 11 is 0. The van der Waals surface area contributed by atoms with Crippen molar-refractivity contribution in [3.05, 3.63) is 34.7 Å². The van der Waals surface area contributed by atoms with Crippen LogP contribution in [0.2, 0.25) is 0 Å². The van der Waals surface area contributed by atoms with Gasteiger partial charge in [0.15, 0.2) is 0 Å². The summed E-state index contributed by atoms with van der Waals surface area (Å²) in [6.45, 7) is 5.45. The van der Waals surface area contributed by atoms with Gasteiger partial charge in [0, 0.05) is 25.2 Å². The number of hydrogen-bond donors (Lipinski definition) is 3. The largest absolute Gasteiger partial charge is 0.335 e. The second kappa shape index (κ2) is 7.15. The quantitative estimate of drug-likeness (QED) is 0.765. The molecule has 2 aliphatic heterocycles. The summed E-state index contributed by atoms with van der Waals surface area (Å²) in [6.07, 6.45) is 2.59. The van der Waals surface area contributed by atoms with Crippen LogP contribution in [0.3, 0.4) is 0 Å². The fourth-order valence-corrected chi connectivity index (χ4v) is 4.24. The summed E-state index contributed by atoms with van der Waals surface area (Å²) in [7, 11) is 0. The third kappa shape index (κ3) is 3.23. The van der Waals surface area contributed by atoms with Crippen molar-refractivity contribution in [3.63, 3.8) is 0 Å². The Balaban J connectivity index is 1.40. The van der Waals surface area contributed by atoms with Crippen molar-refractivity contribution in [1.29, 1.82) is 0 Å². The number of imidazole rings is 1. The van der Waals surface area contributed by atoms with Crippen molar-refractivity contribution in [2.75, 3.05) is 26.2 Å². The Kier molecular flexibility index (Phi) is 4.72. The molecule has 2 saturated heterocycles. The third-order valence-electron chi connectivity index (χ3n) is 5.84. The Labute approximate surface area is 152 Å². The number of carbonyl (C=O) groups excluding carboxylic acids is 1. The maximum absolute atomic E-state index is 12.6. The monoisotopic (exact) mass is 357 g/mol. The van der Waals surface area contributed by atoms with E-state index in [1.807, 2.05) is 33.7 Å². The Hall–Kier alpha value is -2.28. The molecule has 3 heterocycles. The van der Waals surface area contributed by atoms with Gasteiger partial charge < -0.3 is 20.5 Å². The molecule has 140 valence electrons. The predicted molar refractivity (Wildman–Crippen MR) is 101 cm³/mol. The number of fused-ring (bicyclic) bond motifs is 1. The molecule has 0 radical (unpaired) electrons. The Bertz CT molecular complexity index is 834. The van der Waals surface area contributed by atoms with Crippen LogP contribution in [0.4, 0.5) is 4.79 Å². The lowest BCUT2D eigenvalue weighted by Crippen LogP contribution is -2.53. The number of nitrogens with zero attached hydrogens (tertiary/aromatic N) is 2. The molecule has 0 spiro atoms. The number of benzene rings is 1. The molecule has 1 aromatic carbocycles. The number of aromatic nitrogens is 2. The van der Waals surface area contributed by atoms with Crippen LogP contribution in [0.15, 0.2) is 29.1 Å². The minimum Gasteiger partial charge on any atom is -0.335 e. The zero-order chi connectivity index (χ0) is 18.1. The van der Waals surface area contributed by atoms with Crippen molar-refractivity contribution in [3.8, 4) is 0 Å². The molecule has 3 N–H and O–H groups in total. The van der Waals surface area contributed by atoms with Crippen molar-refractivity contribution in [1.82, 2.24) is 25.1 Å². The zero-order valence-electron chi connectivity index (χ0n) is 15.2. The van der Waals surface area contributed by atoms with Crippen LogP contribution in [0, 0.1) is 5.92 Å². The standard InChI is InChI=1S/C19H27N5O2/c1-13-12-20-9-6-15(13)21-18(25)23-10-7-14(8-11-23)24-17-5-3-2-4-16(17)22-19(24)26/h2-5,13-15,20H,6-12H2,1H3,(H,21,25)(H,22,26). The summed E-state index contributed by atoms with van der Waals surface area (Å²) in [4.78, 5) is 29.8. The van der Waals surface area contributed by atoms with Crippen molar-refractivity contribution in [2.45, 2.75) is 38.3 Å². The van der Waals surface area contributed by atoms with Gasteiger partial charge >= 0.3 is 11.7 Å². The van der Waals surface area contributed by atoms with E-state index >= 15 is 0 Å². The number of urea groups is 1. The minimum absolute atomic E-state index is 0.0356. The zero-order valence-corrected chi connectivity index (χ0v) is 15.2. The smallest absolute Gasteiger partial charge is 0.326 e. The first-order valence-corrected chi connectivity index (χ1v) is 9.59. The molecule has 2 unspecified atom stereocenters. The van der Waals surface area contributed by atoms with Crippen LogP contribution >= 0.6 is 0 Å². The van der Waals surface area contributed by atoms with Crippen molar-refractivity contribution in [2.24, 2.45) is 5.92 Å². The fraction of sp³-hybridized carbons (Fsp3) is 0.579. The normalized spacial score (nSPS) is 24.7. The molecule has 2 atom stereocenters. The Morgan fingerprint density at radius 2 is 1.96 bits per heavy atom. The molecule has 4 rings (SSSR count).